The summed E-state index contributed by atoms with van der Waals surface area (Å²) in [5.41, 5.74) is 1.70. The van der Waals surface area contributed by atoms with Gasteiger partial charge in [-0.2, -0.15) is 0 Å². The number of nitrogens with one attached hydrogen (secondary N) is 1. The van der Waals surface area contributed by atoms with Crippen molar-refractivity contribution >= 4 is 17.7 Å². The van der Waals surface area contributed by atoms with Crippen molar-refractivity contribution < 1.29 is 33.3 Å². The fraction of sp³-hybridized carbons (Fsp3) is 0.414. The quantitative estimate of drug-likeness (QED) is 0.491. The van der Waals surface area contributed by atoms with Gasteiger partial charge in [-0.1, -0.05) is 17.3 Å². The van der Waals surface area contributed by atoms with Crippen LogP contribution in [-0.4, -0.2) is 89.6 Å². The Hall–Kier alpha value is -4.81. The van der Waals surface area contributed by atoms with Crippen molar-refractivity contribution in [3.05, 3.63) is 59.4 Å². The molecule has 0 saturated carbocycles. The van der Waals surface area contributed by atoms with Gasteiger partial charge in [0.15, 0.2) is 23.0 Å². The van der Waals surface area contributed by atoms with Crippen LogP contribution in [0.3, 0.4) is 0 Å². The van der Waals surface area contributed by atoms with Crippen molar-refractivity contribution in [2.75, 3.05) is 47.1 Å². The van der Waals surface area contributed by atoms with E-state index in [1.54, 1.807) is 47.1 Å². The summed E-state index contributed by atoms with van der Waals surface area (Å²) in [7, 11) is 3.18. The van der Waals surface area contributed by atoms with Gasteiger partial charge in [0.05, 0.1) is 31.3 Å². The smallest absolute Gasteiger partial charge is 0.257 e. The molecule has 0 unspecified atom stereocenters. The first kappa shape index (κ1) is 27.4. The number of hydrogen-bond donors (Lipinski definition) is 1. The van der Waals surface area contributed by atoms with Gasteiger partial charge >= 0.3 is 0 Å². The molecule has 220 valence electrons. The van der Waals surface area contributed by atoms with E-state index >= 15 is 0 Å². The largest absolute Gasteiger partial charge is 0.493 e. The van der Waals surface area contributed by atoms with E-state index in [9.17, 15) is 14.4 Å². The van der Waals surface area contributed by atoms with Crippen LogP contribution in [0.15, 0.2) is 42.6 Å². The molecule has 4 heterocycles. The van der Waals surface area contributed by atoms with E-state index in [0.717, 1.165) is 5.56 Å². The van der Waals surface area contributed by atoms with Crippen LogP contribution in [0.4, 0.5) is 0 Å². The number of nitrogens with zero attached hydrogens (tertiary/aromatic N) is 5. The number of methoxy groups -OCH3 is 1. The maximum Gasteiger partial charge on any atom is 0.257 e. The number of likely N-dealkylation sites (N-methyl/N-ethyl adjacent to an activating group) is 1. The third-order valence-corrected chi connectivity index (χ3v) is 7.81. The maximum absolute atomic E-state index is 13.4. The van der Waals surface area contributed by atoms with Crippen LogP contribution in [0.1, 0.15) is 34.1 Å². The van der Waals surface area contributed by atoms with E-state index in [-0.39, 0.29) is 62.5 Å². The Morgan fingerprint density at radius 3 is 2.83 bits per heavy atom. The van der Waals surface area contributed by atoms with Crippen LogP contribution in [-0.2, 0) is 22.6 Å². The minimum atomic E-state index is -0.263. The van der Waals surface area contributed by atoms with E-state index < -0.39 is 0 Å². The Kier molecular flexibility index (Phi) is 7.55. The van der Waals surface area contributed by atoms with Crippen LogP contribution >= 0.6 is 0 Å². The standard InChI is InChI=1S/C29H32N6O7/c1-33-9-8-30-26(36)12-19-13-34(27(37)11-18-6-7-23-25(10-18)42-17-41-23)15-22(19)35-14-20(31-32-35)16-40-28-21(29(33)38)4-3-5-24(28)39-2/h3-7,10,14,19,22H,8-9,11-13,15-17H2,1-2H3,(H,30,36)/t19-,22+/m1/s1. The van der Waals surface area contributed by atoms with E-state index in [1.165, 1.54) is 12.0 Å². The monoisotopic (exact) mass is 576 g/mol. The normalized spacial score (nSPS) is 20.4. The number of aromatic nitrogens is 3. The summed E-state index contributed by atoms with van der Waals surface area (Å²) in [4.78, 5) is 42.9. The van der Waals surface area contributed by atoms with Gasteiger partial charge in [-0.25, -0.2) is 4.68 Å². The van der Waals surface area contributed by atoms with Gasteiger partial charge in [0.1, 0.15) is 12.3 Å². The van der Waals surface area contributed by atoms with Crippen LogP contribution in [0.2, 0.25) is 0 Å². The number of carbonyl (C=O) groups excluding carboxylic acids is 3. The van der Waals surface area contributed by atoms with Crippen molar-refractivity contribution in [3.8, 4) is 23.0 Å². The molecule has 3 aromatic rings. The second kappa shape index (κ2) is 11.6. The fourth-order valence-electron chi connectivity index (χ4n) is 5.56. The van der Waals surface area contributed by atoms with Gasteiger partial charge < -0.3 is 34.1 Å². The molecule has 0 radical (unpaired) electrons. The minimum Gasteiger partial charge on any atom is -0.493 e. The summed E-state index contributed by atoms with van der Waals surface area (Å²) < 4.78 is 24.1. The number of benzene rings is 2. The number of rotatable bonds is 3. The molecule has 3 aliphatic rings. The molecule has 3 aliphatic heterocycles. The summed E-state index contributed by atoms with van der Waals surface area (Å²) in [5, 5.41) is 11.5. The Morgan fingerprint density at radius 1 is 1.12 bits per heavy atom. The molecule has 13 nitrogen and oxygen atoms in total. The summed E-state index contributed by atoms with van der Waals surface area (Å²) in [6.07, 6.45) is 2.15. The van der Waals surface area contributed by atoms with E-state index in [0.29, 0.717) is 53.9 Å². The number of fused-ring (bicyclic) bond motifs is 6. The molecular formula is C29H32N6O7. The maximum atomic E-state index is 13.4. The SMILES string of the molecule is COc1cccc2c1OCc1cn(nn1)[C@H]1CN(C(=O)Cc3ccc4c(c3)OCO4)C[C@H]1CC(=O)NCCN(C)C2=O. The molecule has 1 fully saturated rings. The van der Waals surface area contributed by atoms with Crippen molar-refractivity contribution in [1.82, 2.24) is 30.1 Å². The third kappa shape index (κ3) is 5.54. The lowest BCUT2D eigenvalue weighted by Gasteiger charge is -2.21. The molecule has 3 amide bonds. The van der Waals surface area contributed by atoms with E-state index in [2.05, 4.69) is 15.6 Å². The topological polar surface area (TPSA) is 137 Å². The highest BCUT2D eigenvalue weighted by molar-refractivity contribution is 5.97. The Labute approximate surface area is 242 Å². The lowest BCUT2D eigenvalue weighted by atomic mass is 9.99. The van der Waals surface area contributed by atoms with E-state index in [4.69, 9.17) is 18.9 Å². The zero-order chi connectivity index (χ0) is 29.2. The predicted molar refractivity (Wildman–Crippen MR) is 147 cm³/mol. The molecule has 1 aromatic heterocycles. The average Bonchev–Trinajstić information content (AvgIpc) is 3.74. The number of likely N-dealkylation sites (tertiary alicyclic amines) is 1. The second-order valence-electron chi connectivity index (χ2n) is 10.6. The molecule has 1 N–H and O–H groups in total. The molecular weight excluding hydrogens is 544 g/mol. The van der Waals surface area contributed by atoms with Gasteiger partial charge in [0.25, 0.3) is 5.91 Å². The molecule has 2 aromatic carbocycles. The number of ether oxygens (including phenoxy) is 4. The highest BCUT2D eigenvalue weighted by Crippen LogP contribution is 2.35. The molecule has 0 aliphatic carbocycles. The molecule has 13 heteroatoms. The summed E-state index contributed by atoms with van der Waals surface area (Å²) in [5.74, 6) is 1.36. The number of carbonyl (C=O) groups is 3. The average molecular weight is 577 g/mol. The van der Waals surface area contributed by atoms with Crippen molar-refractivity contribution in [2.24, 2.45) is 5.92 Å². The predicted octanol–water partition coefficient (Wildman–Crippen LogP) is 1.43. The molecule has 2 bridgehead atoms. The van der Waals surface area contributed by atoms with Crippen LogP contribution in [0.5, 0.6) is 23.0 Å². The molecule has 2 atom stereocenters. The number of hydrogen-bond acceptors (Lipinski definition) is 9. The van der Waals surface area contributed by atoms with Crippen LogP contribution in [0, 0.1) is 5.92 Å². The third-order valence-electron chi connectivity index (χ3n) is 7.81. The Balaban J connectivity index is 1.23. The van der Waals surface area contributed by atoms with Gasteiger partial charge in [-0.3, -0.25) is 14.4 Å². The van der Waals surface area contributed by atoms with Crippen molar-refractivity contribution in [3.63, 3.8) is 0 Å². The Bertz CT molecular complexity index is 1510. The number of para-hydroxylation sites is 1. The van der Waals surface area contributed by atoms with Gasteiger partial charge in [0.2, 0.25) is 18.6 Å². The molecule has 1 saturated heterocycles. The molecule has 0 spiro atoms. The summed E-state index contributed by atoms with van der Waals surface area (Å²) in [6, 6.07) is 10.4. The minimum absolute atomic E-state index is 0.0506. The van der Waals surface area contributed by atoms with Crippen LogP contribution < -0.4 is 24.3 Å². The van der Waals surface area contributed by atoms with Gasteiger partial charge in [-0.05, 0) is 29.8 Å². The van der Waals surface area contributed by atoms with Gasteiger partial charge in [-0.15, -0.1) is 5.10 Å². The molecule has 42 heavy (non-hydrogen) atoms. The Morgan fingerprint density at radius 2 is 1.98 bits per heavy atom. The first-order valence-electron chi connectivity index (χ1n) is 13.8. The number of amides is 3. The van der Waals surface area contributed by atoms with Crippen LogP contribution in [0.25, 0.3) is 0 Å². The lowest BCUT2D eigenvalue weighted by Crippen LogP contribution is -2.37. The highest BCUT2D eigenvalue weighted by atomic mass is 16.7. The first-order chi connectivity index (χ1) is 20.4. The van der Waals surface area contributed by atoms with Crippen molar-refractivity contribution in [1.29, 1.82) is 0 Å². The van der Waals surface area contributed by atoms with E-state index in [1.807, 2.05) is 12.1 Å². The zero-order valence-electron chi connectivity index (χ0n) is 23.4. The van der Waals surface area contributed by atoms with Crippen molar-refractivity contribution in [2.45, 2.75) is 25.5 Å². The fourth-order valence-corrected chi connectivity index (χ4v) is 5.56. The summed E-state index contributed by atoms with van der Waals surface area (Å²) >= 11 is 0. The summed E-state index contributed by atoms with van der Waals surface area (Å²) in [6.45, 7) is 1.59. The van der Waals surface area contributed by atoms with Gasteiger partial charge in [0, 0.05) is 45.6 Å². The molecule has 6 rings (SSSR count). The zero-order valence-corrected chi connectivity index (χ0v) is 23.4. The lowest BCUT2D eigenvalue weighted by molar-refractivity contribution is -0.130. The highest BCUT2D eigenvalue weighted by Gasteiger charge is 2.38. The first-order valence-corrected chi connectivity index (χ1v) is 13.8. The second-order valence-corrected chi connectivity index (χ2v) is 10.6.